The highest BCUT2D eigenvalue weighted by Crippen LogP contribution is 1.92. The van der Waals surface area contributed by atoms with Gasteiger partial charge in [-0.15, -0.1) is 0 Å². The fourth-order valence-corrected chi connectivity index (χ4v) is 0.943. The second kappa shape index (κ2) is 6.05. The molecule has 0 saturated heterocycles. The van der Waals surface area contributed by atoms with Crippen molar-refractivity contribution in [1.82, 2.24) is 10.6 Å². The Morgan fingerprint density at radius 3 is 2.33 bits per heavy atom. The van der Waals surface area contributed by atoms with Gasteiger partial charge in [0.1, 0.15) is 0 Å². The topological polar surface area (TPSA) is 24.1 Å². The van der Waals surface area contributed by atoms with Gasteiger partial charge in [0.25, 0.3) is 0 Å². The molecular formula is C7H18N2. The van der Waals surface area contributed by atoms with Crippen molar-refractivity contribution in [2.45, 2.75) is 25.8 Å². The van der Waals surface area contributed by atoms with Crippen molar-refractivity contribution >= 4 is 0 Å². The molecule has 0 aromatic rings. The molecule has 0 aromatic heterocycles. The zero-order valence-electron chi connectivity index (χ0n) is 6.70. The third-order valence-electron chi connectivity index (χ3n) is 1.50. The molecule has 0 amide bonds. The molecule has 2 heteroatoms. The van der Waals surface area contributed by atoms with Gasteiger partial charge in [-0.2, -0.15) is 0 Å². The van der Waals surface area contributed by atoms with E-state index in [0.29, 0.717) is 6.04 Å². The van der Waals surface area contributed by atoms with Crippen molar-refractivity contribution in [2.75, 3.05) is 20.6 Å². The van der Waals surface area contributed by atoms with Crippen LogP contribution in [0, 0.1) is 0 Å². The van der Waals surface area contributed by atoms with Crippen LogP contribution < -0.4 is 10.6 Å². The predicted molar refractivity (Wildman–Crippen MR) is 41.7 cm³/mol. The summed E-state index contributed by atoms with van der Waals surface area (Å²) >= 11 is 0. The van der Waals surface area contributed by atoms with Gasteiger partial charge in [0, 0.05) is 12.6 Å². The zero-order valence-corrected chi connectivity index (χ0v) is 6.70. The first-order valence-electron chi connectivity index (χ1n) is 3.67. The summed E-state index contributed by atoms with van der Waals surface area (Å²) in [6.07, 6.45) is 2.52. The third-order valence-corrected chi connectivity index (χ3v) is 1.50. The molecule has 0 heterocycles. The molecule has 1 unspecified atom stereocenters. The molecule has 1 atom stereocenters. The molecule has 0 radical (unpaired) electrons. The smallest absolute Gasteiger partial charge is 0.0189 e. The van der Waals surface area contributed by atoms with Gasteiger partial charge in [0.2, 0.25) is 0 Å². The summed E-state index contributed by atoms with van der Waals surface area (Å²) in [5, 5.41) is 6.38. The molecule has 0 spiro atoms. The van der Waals surface area contributed by atoms with Gasteiger partial charge in [-0.25, -0.2) is 0 Å². The lowest BCUT2D eigenvalue weighted by molar-refractivity contribution is 0.494. The molecule has 0 saturated carbocycles. The van der Waals surface area contributed by atoms with Crippen LogP contribution in [0.15, 0.2) is 0 Å². The van der Waals surface area contributed by atoms with Crippen LogP contribution in [0.25, 0.3) is 0 Å². The fraction of sp³-hybridized carbons (Fsp3) is 1.00. The maximum Gasteiger partial charge on any atom is 0.0189 e. The van der Waals surface area contributed by atoms with Crippen LogP contribution in [-0.2, 0) is 0 Å². The van der Waals surface area contributed by atoms with Gasteiger partial charge in [-0.1, -0.05) is 13.3 Å². The Morgan fingerprint density at radius 2 is 2.00 bits per heavy atom. The van der Waals surface area contributed by atoms with E-state index >= 15 is 0 Å². The predicted octanol–water partition coefficient (Wildman–Crippen LogP) is 0.594. The van der Waals surface area contributed by atoms with Crippen molar-refractivity contribution in [1.29, 1.82) is 0 Å². The van der Waals surface area contributed by atoms with E-state index in [1.54, 1.807) is 0 Å². The fourth-order valence-electron chi connectivity index (χ4n) is 0.943. The largest absolute Gasteiger partial charge is 0.318 e. The van der Waals surface area contributed by atoms with Gasteiger partial charge in [0.05, 0.1) is 0 Å². The third kappa shape index (κ3) is 4.43. The van der Waals surface area contributed by atoms with E-state index in [9.17, 15) is 0 Å². The number of hydrogen-bond donors (Lipinski definition) is 2. The Balaban J connectivity index is 3.18. The summed E-state index contributed by atoms with van der Waals surface area (Å²) in [6, 6.07) is 0.653. The van der Waals surface area contributed by atoms with Gasteiger partial charge < -0.3 is 10.6 Å². The van der Waals surface area contributed by atoms with E-state index in [-0.39, 0.29) is 0 Å². The van der Waals surface area contributed by atoms with Crippen LogP contribution in [0.1, 0.15) is 19.8 Å². The van der Waals surface area contributed by atoms with Crippen molar-refractivity contribution in [2.24, 2.45) is 0 Å². The van der Waals surface area contributed by atoms with Crippen molar-refractivity contribution in [3.63, 3.8) is 0 Å². The first-order valence-corrected chi connectivity index (χ1v) is 3.67. The molecule has 0 fully saturated rings. The molecule has 0 aliphatic rings. The summed E-state index contributed by atoms with van der Waals surface area (Å²) in [7, 11) is 4.00. The van der Waals surface area contributed by atoms with Crippen molar-refractivity contribution in [3.8, 4) is 0 Å². The Morgan fingerprint density at radius 1 is 1.33 bits per heavy atom. The summed E-state index contributed by atoms with van der Waals surface area (Å²) < 4.78 is 0. The van der Waals surface area contributed by atoms with Crippen LogP contribution in [0.5, 0.6) is 0 Å². The molecular weight excluding hydrogens is 112 g/mol. The van der Waals surface area contributed by atoms with E-state index in [1.807, 2.05) is 14.1 Å². The average molecular weight is 130 g/mol. The maximum atomic E-state index is 3.24. The molecule has 0 aliphatic carbocycles. The Kier molecular flexibility index (Phi) is 5.99. The van der Waals surface area contributed by atoms with Crippen molar-refractivity contribution in [3.05, 3.63) is 0 Å². The Hall–Kier alpha value is -0.0800. The molecule has 0 aromatic carbocycles. The summed E-state index contributed by atoms with van der Waals surface area (Å²) in [5.41, 5.74) is 0. The summed E-state index contributed by atoms with van der Waals surface area (Å²) in [6.45, 7) is 3.28. The number of rotatable bonds is 5. The quantitative estimate of drug-likeness (QED) is 0.569. The Bertz CT molecular complexity index is 48.9. The highest BCUT2D eigenvalue weighted by atomic mass is 14.9. The van der Waals surface area contributed by atoms with E-state index in [2.05, 4.69) is 17.6 Å². The molecule has 0 rings (SSSR count). The van der Waals surface area contributed by atoms with Gasteiger partial charge in [-0.05, 0) is 20.5 Å². The minimum atomic E-state index is 0.653. The van der Waals surface area contributed by atoms with Crippen molar-refractivity contribution < 1.29 is 0 Å². The Labute approximate surface area is 58.0 Å². The highest BCUT2D eigenvalue weighted by Gasteiger charge is 2.00. The van der Waals surface area contributed by atoms with Gasteiger partial charge in [0.15, 0.2) is 0 Å². The highest BCUT2D eigenvalue weighted by molar-refractivity contribution is 4.64. The molecule has 56 valence electrons. The van der Waals surface area contributed by atoms with Gasteiger partial charge in [-0.3, -0.25) is 0 Å². The lowest BCUT2D eigenvalue weighted by Gasteiger charge is -2.13. The van der Waals surface area contributed by atoms with Gasteiger partial charge >= 0.3 is 0 Å². The maximum absolute atomic E-state index is 3.24. The van der Waals surface area contributed by atoms with E-state index in [4.69, 9.17) is 0 Å². The monoisotopic (exact) mass is 130 g/mol. The van der Waals surface area contributed by atoms with Crippen LogP contribution in [0.4, 0.5) is 0 Å². The average Bonchev–Trinajstić information content (AvgIpc) is 1.88. The van der Waals surface area contributed by atoms with Crippen LogP contribution in [0.3, 0.4) is 0 Å². The summed E-state index contributed by atoms with van der Waals surface area (Å²) in [4.78, 5) is 0. The van der Waals surface area contributed by atoms with E-state index < -0.39 is 0 Å². The molecule has 2 N–H and O–H groups in total. The second-order valence-corrected chi connectivity index (χ2v) is 2.33. The lowest BCUT2D eigenvalue weighted by atomic mass is 10.2. The number of nitrogens with one attached hydrogen (secondary N) is 2. The minimum Gasteiger partial charge on any atom is -0.318 e. The molecule has 2 nitrogen and oxygen atoms in total. The first-order chi connectivity index (χ1) is 4.35. The van der Waals surface area contributed by atoms with E-state index in [0.717, 1.165) is 6.54 Å². The number of likely N-dealkylation sites (N-methyl/N-ethyl adjacent to an activating group) is 2. The summed E-state index contributed by atoms with van der Waals surface area (Å²) in [5.74, 6) is 0. The van der Waals surface area contributed by atoms with Crippen LogP contribution >= 0.6 is 0 Å². The van der Waals surface area contributed by atoms with E-state index in [1.165, 1.54) is 12.8 Å². The number of hydrogen-bond acceptors (Lipinski definition) is 2. The normalized spacial score (nSPS) is 13.7. The van der Waals surface area contributed by atoms with Crippen LogP contribution in [-0.4, -0.2) is 26.7 Å². The lowest BCUT2D eigenvalue weighted by Crippen LogP contribution is -2.34. The zero-order chi connectivity index (χ0) is 7.11. The molecule has 0 bridgehead atoms. The standard InChI is InChI=1S/C7H18N2/c1-4-5-7(9-3)6-8-2/h7-9H,4-6H2,1-3H3. The minimum absolute atomic E-state index is 0.653. The van der Waals surface area contributed by atoms with Crippen LogP contribution in [0.2, 0.25) is 0 Å². The first kappa shape index (κ1) is 8.92. The molecule has 9 heavy (non-hydrogen) atoms. The second-order valence-electron chi connectivity index (χ2n) is 2.33. The molecule has 0 aliphatic heterocycles. The SMILES string of the molecule is CCCC(CNC)NC.